The third kappa shape index (κ3) is 2.52. The van der Waals surface area contributed by atoms with Crippen LogP contribution in [0.2, 0.25) is 0 Å². The highest BCUT2D eigenvalue weighted by Crippen LogP contribution is 2.45. The fourth-order valence-corrected chi connectivity index (χ4v) is 1.51. The number of methoxy groups -OCH3 is 2. The maximum Gasteiger partial charge on any atom is 0.409 e. The lowest BCUT2D eigenvalue weighted by Crippen LogP contribution is -2.17. The summed E-state index contributed by atoms with van der Waals surface area (Å²) in [4.78, 5) is 0. The number of alkyl halides is 4. The maximum atomic E-state index is 12.5. The van der Waals surface area contributed by atoms with Crippen molar-refractivity contribution in [2.75, 3.05) is 14.2 Å². The fourth-order valence-electron chi connectivity index (χ4n) is 1.29. The van der Waals surface area contributed by atoms with E-state index in [1.54, 1.807) is 0 Å². The summed E-state index contributed by atoms with van der Waals surface area (Å²) < 4.78 is 47.3. The minimum atomic E-state index is -4.55. The highest BCUT2D eigenvalue weighted by Gasteiger charge is 2.42. The van der Waals surface area contributed by atoms with Crippen molar-refractivity contribution in [2.45, 2.75) is 11.6 Å². The Morgan fingerprint density at radius 1 is 1.12 bits per heavy atom. The van der Waals surface area contributed by atoms with E-state index in [9.17, 15) is 13.2 Å². The Kier molecular flexibility index (Phi) is 3.91. The van der Waals surface area contributed by atoms with E-state index in [4.69, 9.17) is 21.1 Å². The SMILES string of the molecule is COc1cccc(OC)c1[C@H](Cl)C(F)(F)F. The molecule has 0 amide bonds. The Morgan fingerprint density at radius 3 is 1.88 bits per heavy atom. The van der Waals surface area contributed by atoms with Crippen LogP contribution in [0.4, 0.5) is 13.2 Å². The first-order valence-electron chi connectivity index (χ1n) is 4.33. The molecule has 1 aromatic rings. The van der Waals surface area contributed by atoms with Crippen LogP contribution in [-0.2, 0) is 0 Å². The third-order valence-corrected chi connectivity index (χ3v) is 2.47. The predicted octanol–water partition coefficient (Wildman–Crippen LogP) is 3.55. The van der Waals surface area contributed by atoms with Crippen molar-refractivity contribution in [1.29, 1.82) is 0 Å². The van der Waals surface area contributed by atoms with Gasteiger partial charge < -0.3 is 9.47 Å². The van der Waals surface area contributed by atoms with Crippen molar-refractivity contribution in [3.63, 3.8) is 0 Å². The minimum absolute atomic E-state index is 0.0525. The molecule has 0 spiro atoms. The Balaban J connectivity index is 3.28. The fraction of sp³-hybridized carbons (Fsp3) is 0.400. The van der Waals surface area contributed by atoms with E-state index in [1.807, 2.05) is 0 Å². The zero-order valence-corrected chi connectivity index (χ0v) is 9.39. The van der Waals surface area contributed by atoms with Gasteiger partial charge >= 0.3 is 6.18 Å². The molecule has 0 aromatic heterocycles. The Morgan fingerprint density at radius 2 is 1.56 bits per heavy atom. The molecule has 0 aliphatic rings. The third-order valence-electron chi connectivity index (χ3n) is 2.01. The summed E-state index contributed by atoms with van der Waals surface area (Å²) in [7, 11) is 2.55. The molecule has 0 saturated heterocycles. The van der Waals surface area contributed by atoms with Crippen LogP contribution in [0.3, 0.4) is 0 Å². The summed E-state index contributed by atoms with van der Waals surface area (Å²) in [5.74, 6) is 0.105. The van der Waals surface area contributed by atoms with Crippen molar-refractivity contribution in [2.24, 2.45) is 0 Å². The van der Waals surface area contributed by atoms with Gasteiger partial charge in [0.2, 0.25) is 0 Å². The molecule has 2 nitrogen and oxygen atoms in total. The van der Waals surface area contributed by atoms with E-state index in [2.05, 4.69) is 0 Å². The van der Waals surface area contributed by atoms with Crippen LogP contribution in [-0.4, -0.2) is 20.4 Å². The van der Waals surface area contributed by atoms with Gasteiger partial charge in [-0.15, -0.1) is 11.6 Å². The summed E-state index contributed by atoms with van der Waals surface area (Å²) in [6, 6.07) is 4.33. The minimum Gasteiger partial charge on any atom is -0.496 e. The van der Waals surface area contributed by atoms with Gasteiger partial charge in [0.05, 0.1) is 19.8 Å². The molecule has 0 bridgehead atoms. The summed E-state index contributed by atoms with van der Waals surface area (Å²) >= 11 is 5.37. The van der Waals surface area contributed by atoms with Crippen LogP contribution in [0, 0.1) is 0 Å². The number of benzene rings is 1. The lowest BCUT2D eigenvalue weighted by Gasteiger charge is -2.19. The first kappa shape index (κ1) is 13.0. The molecule has 1 rings (SSSR count). The van der Waals surface area contributed by atoms with Gasteiger partial charge in [0.1, 0.15) is 11.5 Å². The summed E-state index contributed by atoms with van der Waals surface area (Å²) in [6.07, 6.45) is -4.55. The van der Waals surface area contributed by atoms with Gasteiger partial charge in [-0.05, 0) is 12.1 Å². The highest BCUT2D eigenvalue weighted by molar-refractivity contribution is 6.21. The van der Waals surface area contributed by atoms with E-state index in [-0.39, 0.29) is 17.1 Å². The largest absolute Gasteiger partial charge is 0.496 e. The normalized spacial score (nSPS) is 13.4. The molecule has 1 atom stereocenters. The van der Waals surface area contributed by atoms with Crippen molar-refractivity contribution < 1.29 is 22.6 Å². The van der Waals surface area contributed by atoms with E-state index in [0.29, 0.717) is 0 Å². The van der Waals surface area contributed by atoms with Crippen molar-refractivity contribution in [1.82, 2.24) is 0 Å². The molecule has 90 valence electrons. The summed E-state index contributed by atoms with van der Waals surface area (Å²) in [6.45, 7) is 0. The van der Waals surface area contributed by atoms with Crippen molar-refractivity contribution >= 4 is 11.6 Å². The van der Waals surface area contributed by atoms with Gasteiger partial charge in [0, 0.05) is 0 Å². The number of hydrogen-bond acceptors (Lipinski definition) is 2. The maximum absolute atomic E-state index is 12.5. The number of ether oxygens (including phenoxy) is 2. The molecule has 0 saturated carbocycles. The molecule has 16 heavy (non-hydrogen) atoms. The molecule has 0 unspecified atom stereocenters. The van der Waals surface area contributed by atoms with E-state index in [1.165, 1.54) is 32.4 Å². The lowest BCUT2D eigenvalue weighted by molar-refractivity contribution is -0.132. The van der Waals surface area contributed by atoms with E-state index in [0.717, 1.165) is 0 Å². The Bertz CT molecular complexity index is 343. The molecule has 0 radical (unpaired) electrons. The van der Waals surface area contributed by atoms with Gasteiger partial charge in [-0.25, -0.2) is 0 Å². The second-order valence-corrected chi connectivity index (χ2v) is 3.42. The van der Waals surface area contributed by atoms with Gasteiger partial charge in [0.25, 0.3) is 0 Å². The average molecular weight is 255 g/mol. The van der Waals surface area contributed by atoms with Crippen molar-refractivity contribution in [3.05, 3.63) is 23.8 Å². The topological polar surface area (TPSA) is 18.5 Å². The molecule has 0 aliphatic heterocycles. The zero-order valence-electron chi connectivity index (χ0n) is 8.64. The lowest BCUT2D eigenvalue weighted by atomic mass is 10.1. The number of halogens is 4. The van der Waals surface area contributed by atoms with Gasteiger partial charge in [0.15, 0.2) is 5.38 Å². The predicted molar refractivity (Wildman–Crippen MR) is 54.2 cm³/mol. The molecule has 0 heterocycles. The van der Waals surface area contributed by atoms with E-state index < -0.39 is 11.6 Å². The Labute approximate surface area is 95.9 Å². The molecule has 1 aromatic carbocycles. The summed E-state index contributed by atoms with van der Waals surface area (Å²) in [5, 5.41) is -2.15. The number of rotatable bonds is 3. The van der Waals surface area contributed by atoms with E-state index >= 15 is 0 Å². The summed E-state index contributed by atoms with van der Waals surface area (Å²) in [5.41, 5.74) is -0.207. The monoisotopic (exact) mass is 254 g/mol. The van der Waals surface area contributed by atoms with Gasteiger partial charge in [-0.3, -0.25) is 0 Å². The van der Waals surface area contributed by atoms with Crippen LogP contribution >= 0.6 is 11.6 Å². The quantitative estimate of drug-likeness (QED) is 0.768. The standard InChI is InChI=1S/C10H10ClF3O2/c1-15-6-4-3-5-7(16-2)8(6)9(11)10(12,13)14/h3-5,9H,1-2H3/t9-/m0/s1. The molecule has 0 fully saturated rings. The van der Waals surface area contributed by atoms with Crippen LogP contribution in [0.5, 0.6) is 11.5 Å². The molecule has 6 heteroatoms. The highest BCUT2D eigenvalue weighted by atomic mass is 35.5. The van der Waals surface area contributed by atoms with Crippen molar-refractivity contribution in [3.8, 4) is 11.5 Å². The second-order valence-electron chi connectivity index (χ2n) is 2.98. The zero-order chi connectivity index (χ0) is 12.3. The molecule has 0 N–H and O–H groups in total. The first-order chi connectivity index (χ1) is 7.41. The van der Waals surface area contributed by atoms with Crippen LogP contribution in [0.1, 0.15) is 10.9 Å². The average Bonchev–Trinajstić information content (AvgIpc) is 2.25. The number of hydrogen-bond donors (Lipinski definition) is 0. The molecular weight excluding hydrogens is 245 g/mol. The molecule has 0 aliphatic carbocycles. The Hall–Kier alpha value is -1.10. The van der Waals surface area contributed by atoms with Gasteiger partial charge in [-0.2, -0.15) is 13.2 Å². The van der Waals surface area contributed by atoms with Crippen LogP contribution < -0.4 is 9.47 Å². The van der Waals surface area contributed by atoms with Gasteiger partial charge in [-0.1, -0.05) is 6.07 Å². The first-order valence-corrected chi connectivity index (χ1v) is 4.77. The second kappa shape index (κ2) is 4.82. The molecular formula is C10H10ClF3O2. The van der Waals surface area contributed by atoms with Crippen LogP contribution in [0.15, 0.2) is 18.2 Å². The smallest absolute Gasteiger partial charge is 0.409 e. The van der Waals surface area contributed by atoms with Crippen LogP contribution in [0.25, 0.3) is 0 Å².